The summed E-state index contributed by atoms with van der Waals surface area (Å²) in [6.07, 6.45) is 23.4. The molecule has 0 spiro atoms. The van der Waals surface area contributed by atoms with Crippen LogP contribution in [0.1, 0.15) is 142 Å². The molecule has 0 atom stereocenters. The van der Waals surface area contributed by atoms with Gasteiger partial charge in [-0.15, -0.1) is 0 Å². The van der Waals surface area contributed by atoms with Crippen molar-refractivity contribution >= 4 is 20.8 Å². The monoisotopic (exact) mass is 725 g/mol. The maximum atomic E-state index is 10.1. The summed E-state index contributed by atoms with van der Waals surface area (Å²) in [4.78, 5) is 1.79. The number of nitrogens with zero attached hydrogens (tertiary/aromatic N) is 1. The van der Waals surface area contributed by atoms with Crippen LogP contribution in [0.2, 0.25) is 0 Å². The first kappa shape index (κ1) is 56.9. The van der Waals surface area contributed by atoms with Gasteiger partial charge in [0.25, 0.3) is 0 Å². The zero-order valence-corrected chi connectivity index (χ0v) is 35.3. The molecule has 0 aliphatic carbocycles. The van der Waals surface area contributed by atoms with Crippen molar-refractivity contribution in [1.82, 2.24) is 4.90 Å². The number of unbranched alkanes of at least 4 members (excludes halogenated alkanes) is 18. The molecule has 0 radical (unpaired) electrons. The minimum absolute atomic E-state index is 0. The van der Waals surface area contributed by atoms with E-state index < -0.39 is 20.8 Å². The molecule has 0 amide bonds. The SMILES string of the molecule is CCCCCCCCCCCCOS(=O)(=O)[O-].CCCCCCCCCCCCOS(=O)(=O)[O-].OCCN(CCO)CCO.[Na+].[Na+]. The van der Waals surface area contributed by atoms with Crippen molar-refractivity contribution in [3.63, 3.8) is 0 Å². The minimum Gasteiger partial charge on any atom is -0.726 e. The van der Waals surface area contributed by atoms with Gasteiger partial charge in [-0.25, -0.2) is 16.8 Å². The van der Waals surface area contributed by atoms with Crippen LogP contribution in [0.25, 0.3) is 0 Å². The van der Waals surface area contributed by atoms with Crippen LogP contribution in [0.5, 0.6) is 0 Å². The Hall–Kier alpha value is 1.58. The van der Waals surface area contributed by atoms with E-state index in [1.807, 2.05) is 0 Å². The van der Waals surface area contributed by atoms with Gasteiger partial charge >= 0.3 is 59.1 Å². The van der Waals surface area contributed by atoms with Crippen LogP contribution in [-0.2, 0) is 29.2 Å². The Labute approximate surface area is 326 Å². The van der Waals surface area contributed by atoms with Gasteiger partial charge in [-0.2, -0.15) is 0 Å². The zero-order chi connectivity index (χ0) is 33.8. The van der Waals surface area contributed by atoms with Gasteiger partial charge in [0.05, 0.1) is 33.0 Å². The molecule has 0 saturated carbocycles. The Kier molecular flexibility index (Phi) is 55.2. The van der Waals surface area contributed by atoms with Crippen LogP contribution in [0, 0.1) is 0 Å². The van der Waals surface area contributed by atoms with Crippen molar-refractivity contribution < 1.29 is 109 Å². The Bertz CT molecular complexity index is 698. The van der Waals surface area contributed by atoms with Crippen LogP contribution in [-0.4, -0.2) is 98.8 Å². The number of aliphatic hydroxyl groups excluding tert-OH is 3. The Morgan fingerprint density at radius 3 is 0.870 bits per heavy atom. The molecule has 0 aliphatic heterocycles. The van der Waals surface area contributed by atoms with E-state index in [1.165, 1.54) is 89.9 Å². The van der Waals surface area contributed by atoms with Crippen LogP contribution in [0.4, 0.5) is 0 Å². The van der Waals surface area contributed by atoms with Crippen LogP contribution in [0.3, 0.4) is 0 Å². The van der Waals surface area contributed by atoms with Crippen molar-refractivity contribution in [2.75, 3.05) is 52.7 Å². The molecule has 3 N–H and O–H groups in total. The van der Waals surface area contributed by atoms with Gasteiger partial charge in [0, 0.05) is 19.6 Å². The summed E-state index contributed by atoms with van der Waals surface area (Å²) in [7, 11) is -8.97. The first-order valence-corrected chi connectivity index (χ1v) is 19.4. The summed E-state index contributed by atoms with van der Waals surface area (Å²) in [6.45, 7) is 6.24. The maximum Gasteiger partial charge on any atom is 1.00 e. The van der Waals surface area contributed by atoms with E-state index >= 15 is 0 Å². The summed E-state index contributed by atoms with van der Waals surface area (Å²) in [5.74, 6) is 0. The van der Waals surface area contributed by atoms with E-state index in [2.05, 4.69) is 22.2 Å². The predicted octanol–water partition coefficient (Wildman–Crippen LogP) is -0.958. The molecule has 0 aromatic rings. The number of hydrogen-bond donors (Lipinski definition) is 3. The second-order valence-corrected chi connectivity index (χ2v) is 12.9. The van der Waals surface area contributed by atoms with Crippen molar-refractivity contribution in [1.29, 1.82) is 0 Å². The van der Waals surface area contributed by atoms with E-state index in [0.29, 0.717) is 32.5 Å². The fraction of sp³-hybridized carbons (Fsp3) is 1.00. The topological polar surface area (TPSA) is 197 Å². The molecule has 0 bridgehead atoms. The fourth-order valence-electron chi connectivity index (χ4n) is 4.26. The molecule has 46 heavy (non-hydrogen) atoms. The average Bonchev–Trinajstić information content (AvgIpc) is 2.95. The van der Waals surface area contributed by atoms with Crippen LogP contribution in [0.15, 0.2) is 0 Å². The van der Waals surface area contributed by atoms with Gasteiger partial charge in [-0.05, 0) is 12.8 Å². The number of rotatable bonds is 30. The first-order valence-electron chi connectivity index (χ1n) is 16.7. The van der Waals surface area contributed by atoms with E-state index in [9.17, 15) is 25.9 Å². The third-order valence-electron chi connectivity index (χ3n) is 6.70. The van der Waals surface area contributed by atoms with Crippen molar-refractivity contribution in [3.05, 3.63) is 0 Å². The Morgan fingerprint density at radius 1 is 0.457 bits per heavy atom. The number of aliphatic hydroxyl groups is 3. The molecular formula is C30H65NNa2O11S2. The van der Waals surface area contributed by atoms with E-state index in [1.54, 1.807) is 4.90 Å². The summed E-state index contributed by atoms with van der Waals surface area (Å²) in [6, 6.07) is 0. The fourth-order valence-corrected chi connectivity index (χ4v) is 4.90. The van der Waals surface area contributed by atoms with Crippen molar-refractivity contribution in [2.24, 2.45) is 0 Å². The second kappa shape index (κ2) is 44.6. The minimum atomic E-state index is -4.48. The standard InChI is InChI=1S/2C12H26O4S.C6H15NO3.2Na/c2*1-2-3-4-5-6-7-8-9-10-11-12-16-17(13,14)15;8-4-1-7(2-5-9)3-6-10;;/h2*2-12H2,1H3,(H,13,14,15);8-10H,1-6H2;;/q;;;2*+1/p-2. The molecule has 0 heterocycles. The molecule has 0 aromatic carbocycles. The van der Waals surface area contributed by atoms with Gasteiger partial charge in [-0.3, -0.25) is 13.3 Å². The molecule has 0 saturated heterocycles. The van der Waals surface area contributed by atoms with Crippen molar-refractivity contribution in [3.8, 4) is 0 Å². The van der Waals surface area contributed by atoms with E-state index in [-0.39, 0.29) is 92.1 Å². The molecule has 16 heteroatoms. The van der Waals surface area contributed by atoms with Crippen LogP contribution < -0.4 is 59.1 Å². The van der Waals surface area contributed by atoms with E-state index in [4.69, 9.17) is 15.3 Å². The summed E-state index contributed by atoms with van der Waals surface area (Å²) in [5.41, 5.74) is 0. The predicted molar refractivity (Wildman–Crippen MR) is 173 cm³/mol. The Morgan fingerprint density at radius 2 is 0.674 bits per heavy atom. The summed E-state index contributed by atoms with van der Waals surface area (Å²) < 4.78 is 68.9. The molecule has 270 valence electrons. The molecule has 0 aliphatic rings. The normalized spacial score (nSPS) is 11.1. The van der Waals surface area contributed by atoms with Gasteiger partial charge in [0.2, 0.25) is 20.8 Å². The van der Waals surface area contributed by atoms with Gasteiger partial charge < -0.3 is 24.4 Å². The number of hydrogen-bond acceptors (Lipinski definition) is 12. The van der Waals surface area contributed by atoms with Crippen LogP contribution >= 0.6 is 0 Å². The molecular weight excluding hydrogens is 660 g/mol. The molecule has 0 fully saturated rings. The zero-order valence-electron chi connectivity index (χ0n) is 29.7. The van der Waals surface area contributed by atoms with Gasteiger partial charge in [0.1, 0.15) is 0 Å². The largest absolute Gasteiger partial charge is 1.00 e. The average molecular weight is 726 g/mol. The summed E-state index contributed by atoms with van der Waals surface area (Å²) in [5, 5.41) is 25.5. The second-order valence-electron chi connectivity index (χ2n) is 10.8. The third-order valence-corrected chi connectivity index (χ3v) is 7.61. The van der Waals surface area contributed by atoms with Gasteiger partial charge in [-0.1, -0.05) is 129 Å². The maximum absolute atomic E-state index is 10.1. The molecule has 0 aromatic heterocycles. The van der Waals surface area contributed by atoms with Crippen molar-refractivity contribution in [2.45, 2.75) is 142 Å². The molecule has 0 rings (SSSR count). The molecule has 0 unspecified atom stereocenters. The quantitative estimate of drug-likeness (QED) is 0.0356. The smallest absolute Gasteiger partial charge is 0.726 e. The third kappa shape index (κ3) is 60.9. The van der Waals surface area contributed by atoms with Gasteiger partial charge in [0.15, 0.2) is 0 Å². The van der Waals surface area contributed by atoms with E-state index in [0.717, 1.165) is 25.7 Å². The Balaban J connectivity index is -0.000000185. The molecule has 12 nitrogen and oxygen atoms in total. The first-order chi connectivity index (χ1) is 21.0. The summed E-state index contributed by atoms with van der Waals surface area (Å²) >= 11 is 0.